The van der Waals surface area contributed by atoms with Crippen molar-refractivity contribution in [2.75, 3.05) is 25.2 Å². The number of ether oxygens (including phenoxy) is 1. The summed E-state index contributed by atoms with van der Waals surface area (Å²) in [6.45, 7) is 6.14. The Labute approximate surface area is 116 Å². The Bertz CT molecular complexity index is 330. The number of rotatable bonds is 9. The van der Waals surface area contributed by atoms with Crippen molar-refractivity contribution >= 4 is 11.8 Å². The molecule has 0 bridgehead atoms. The molecular formula is C15H25NOS. The fourth-order valence-corrected chi connectivity index (χ4v) is 2.41. The molecule has 0 aliphatic rings. The fourth-order valence-electron chi connectivity index (χ4n) is 2.01. The van der Waals surface area contributed by atoms with Gasteiger partial charge in [0.05, 0.1) is 6.61 Å². The van der Waals surface area contributed by atoms with Crippen molar-refractivity contribution in [3.05, 3.63) is 29.8 Å². The Kier molecular flexibility index (Phi) is 7.94. The van der Waals surface area contributed by atoms with Crippen LogP contribution in [-0.2, 0) is 0 Å². The first-order valence-electron chi connectivity index (χ1n) is 6.77. The van der Waals surface area contributed by atoms with Crippen molar-refractivity contribution in [3.8, 4) is 5.75 Å². The summed E-state index contributed by atoms with van der Waals surface area (Å²) in [5.41, 5.74) is 1.28. The van der Waals surface area contributed by atoms with Crippen molar-refractivity contribution in [1.29, 1.82) is 0 Å². The molecule has 1 unspecified atom stereocenters. The lowest BCUT2D eigenvalue weighted by Crippen LogP contribution is -2.20. The summed E-state index contributed by atoms with van der Waals surface area (Å²) in [6.07, 6.45) is 4.32. The van der Waals surface area contributed by atoms with E-state index in [1.807, 2.05) is 17.8 Å². The molecule has 1 rings (SSSR count). The second kappa shape index (κ2) is 9.29. The van der Waals surface area contributed by atoms with Crippen LogP contribution in [-0.4, -0.2) is 25.2 Å². The van der Waals surface area contributed by atoms with Crippen molar-refractivity contribution in [2.24, 2.45) is 0 Å². The Hall–Kier alpha value is -0.670. The van der Waals surface area contributed by atoms with Gasteiger partial charge in [0, 0.05) is 11.6 Å². The Balaban J connectivity index is 2.65. The fraction of sp³-hybridized carbons (Fsp3) is 0.600. The average molecular weight is 267 g/mol. The SMILES string of the molecule is CCNC(CC)c1ccccc1OCCCSC. The highest BCUT2D eigenvalue weighted by atomic mass is 32.2. The van der Waals surface area contributed by atoms with E-state index in [2.05, 4.69) is 43.6 Å². The van der Waals surface area contributed by atoms with Crippen LogP contribution in [0.25, 0.3) is 0 Å². The molecule has 0 amide bonds. The number of nitrogens with one attached hydrogen (secondary N) is 1. The van der Waals surface area contributed by atoms with Crippen LogP contribution in [0.3, 0.4) is 0 Å². The summed E-state index contributed by atoms with van der Waals surface area (Å²) in [5, 5.41) is 3.51. The molecule has 0 aromatic heterocycles. The zero-order valence-electron chi connectivity index (χ0n) is 11.7. The minimum Gasteiger partial charge on any atom is -0.493 e. The predicted molar refractivity (Wildman–Crippen MR) is 81.6 cm³/mol. The van der Waals surface area contributed by atoms with Gasteiger partial charge in [-0.05, 0) is 37.5 Å². The summed E-state index contributed by atoms with van der Waals surface area (Å²) in [5.74, 6) is 2.19. The smallest absolute Gasteiger partial charge is 0.124 e. The van der Waals surface area contributed by atoms with Crippen molar-refractivity contribution < 1.29 is 4.74 Å². The minimum absolute atomic E-state index is 0.395. The molecule has 2 nitrogen and oxygen atoms in total. The molecule has 0 spiro atoms. The van der Waals surface area contributed by atoms with E-state index in [-0.39, 0.29) is 0 Å². The molecule has 0 heterocycles. The highest BCUT2D eigenvalue weighted by molar-refractivity contribution is 7.98. The Morgan fingerprint density at radius 1 is 1.28 bits per heavy atom. The van der Waals surface area contributed by atoms with Crippen molar-refractivity contribution in [3.63, 3.8) is 0 Å². The maximum atomic E-state index is 5.92. The van der Waals surface area contributed by atoms with Crippen LogP contribution in [0, 0.1) is 0 Å². The van der Waals surface area contributed by atoms with Gasteiger partial charge in [0.25, 0.3) is 0 Å². The van der Waals surface area contributed by atoms with Gasteiger partial charge in [-0.1, -0.05) is 32.0 Å². The molecule has 0 saturated heterocycles. The van der Waals surface area contributed by atoms with E-state index in [9.17, 15) is 0 Å². The largest absolute Gasteiger partial charge is 0.493 e. The van der Waals surface area contributed by atoms with Gasteiger partial charge in [-0.25, -0.2) is 0 Å². The molecule has 18 heavy (non-hydrogen) atoms. The molecule has 1 aromatic carbocycles. The maximum Gasteiger partial charge on any atom is 0.124 e. The van der Waals surface area contributed by atoms with Crippen molar-refractivity contribution in [2.45, 2.75) is 32.7 Å². The molecule has 0 fully saturated rings. The van der Waals surface area contributed by atoms with Crippen LogP contribution in [0.4, 0.5) is 0 Å². The third-order valence-corrected chi connectivity index (χ3v) is 3.60. The van der Waals surface area contributed by atoms with E-state index in [1.165, 1.54) is 5.56 Å². The third kappa shape index (κ3) is 4.91. The minimum atomic E-state index is 0.395. The monoisotopic (exact) mass is 267 g/mol. The maximum absolute atomic E-state index is 5.92. The Morgan fingerprint density at radius 3 is 2.72 bits per heavy atom. The molecule has 0 radical (unpaired) electrons. The number of benzene rings is 1. The molecular weight excluding hydrogens is 242 g/mol. The molecule has 1 atom stereocenters. The van der Waals surface area contributed by atoms with Gasteiger partial charge in [0.2, 0.25) is 0 Å². The van der Waals surface area contributed by atoms with Crippen LogP contribution in [0.1, 0.15) is 38.3 Å². The van der Waals surface area contributed by atoms with Gasteiger partial charge in [-0.3, -0.25) is 0 Å². The second-order valence-corrected chi connectivity index (χ2v) is 5.24. The van der Waals surface area contributed by atoms with E-state index >= 15 is 0 Å². The van der Waals surface area contributed by atoms with Crippen LogP contribution >= 0.6 is 11.8 Å². The highest BCUT2D eigenvalue weighted by Crippen LogP contribution is 2.27. The summed E-state index contributed by atoms with van der Waals surface area (Å²) in [7, 11) is 0. The topological polar surface area (TPSA) is 21.3 Å². The molecule has 0 aliphatic heterocycles. The summed E-state index contributed by atoms with van der Waals surface area (Å²) < 4.78 is 5.92. The predicted octanol–water partition coefficient (Wildman–Crippen LogP) is 3.88. The third-order valence-electron chi connectivity index (χ3n) is 2.90. The van der Waals surface area contributed by atoms with E-state index < -0.39 is 0 Å². The van der Waals surface area contributed by atoms with Crippen molar-refractivity contribution in [1.82, 2.24) is 5.32 Å². The van der Waals surface area contributed by atoms with Gasteiger partial charge in [0.1, 0.15) is 5.75 Å². The number of para-hydroxylation sites is 1. The summed E-state index contributed by atoms with van der Waals surface area (Å²) >= 11 is 1.87. The standard InChI is InChI=1S/C15H25NOS/c1-4-14(16-5-2)13-9-6-7-10-15(13)17-11-8-12-18-3/h6-7,9-10,14,16H,4-5,8,11-12H2,1-3H3. The van der Waals surface area contributed by atoms with E-state index in [1.54, 1.807) is 0 Å². The van der Waals surface area contributed by atoms with Crippen LogP contribution in [0.2, 0.25) is 0 Å². The molecule has 102 valence electrons. The van der Waals surface area contributed by atoms with Gasteiger partial charge in [0.15, 0.2) is 0 Å². The van der Waals surface area contributed by atoms with E-state index in [0.29, 0.717) is 6.04 Å². The molecule has 1 aromatic rings. The van der Waals surface area contributed by atoms with Crippen LogP contribution in [0.15, 0.2) is 24.3 Å². The second-order valence-electron chi connectivity index (χ2n) is 4.25. The lowest BCUT2D eigenvalue weighted by atomic mass is 10.0. The van der Waals surface area contributed by atoms with Gasteiger partial charge < -0.3 is 10.1 Å². The van der Waals surface area contributed by atoms with Gasteiger partial charge >= 0.3 is 0 Å². The molecule has 3 heteroatoms. The lowest BCUT2D eigenvalue weighted by Gasteiger charge is -2.20. The number of hydrogen-bond donors (Lipinski definition) is 1. The number of thioether (sulfide) groups is 1. The highest BCUT2D eigenvalue weighted by Gasteiger charge is 2.12. The summed E-state index contributed by atoms with van der Waals surface area (Å²) in [4.78, 5) is 0. The first-order valence-corrected chi connectivity index (χ1v) is 8.16. The first kappa shape index (κ1) is 15.4. The van der Waals surface area contributed by atoms with Gasteiger partial charge in [-0.15, -0.1) is 0 Å². The first-order chi connectivity index (χ1) is 8.83. The van der Waals surface area contributed by atoms with Gasteiger partial charge in [-0.2, -0.15) is 11.8 Å². The molecule has 1 N–H and O–H groups in total. The number of hydrogen-bond acceptors (Lipinski definition) is 3. The van der Waals surface area contributed by atoms with Crippen LogP contribution in [0.5, 0.6) is 5.75 Å². The molecule has 0 saturated carbocycles. The van der Waals surface area contributed by atoms with Crippen LogP contribution < -0.4 is 10.1 Å². The zero-order chi connectivity index (χ0) is 13.2. The lowest BCUT2D eigenvalue weighted by molar-refractivity contribution is 0.311. The quantitative estimate of drug-likeness (QED) is 0.686. The van der Waals surface area contributed by atoms with E-state index in [4.69, 9.17) is 4.74 Å². The normalized spacial score (nSPS) is 12.4. The molecule has 0 aliphatic carbocycles. The average Bonchev–Trinajstić information content (AvgIpc) is 2.42. The zero-order valence-corrected chi connectivity index (χ0v) is 12.6. The Morgan fingerprint density at radius 2 is 2.06 bits per heavy atom. The summed E-state index contributed by atoms with van der Waals surface area (Å²) in [6, 6.07) is 8.78. The van der Waals surface area contributed by atoms with E-state index in [0.717, 1.165) is 37.5 Å².